The summed E-state index contributed by atoms with van der Waals surface area (Å²) >= 11 is 19.4. The molecule has 0 spiro atoms. The standard InChI is InChI=1S/C18H16Cl3N5O2S/c1-9-4-5-15(28-3)14(6-9)26-18(23-24-25-26)29-10(2)17(27)22-16-12(20)7-11(19)8-13(16)21/h4-8,10H,1-3H3,(H,22,27). The van der Waals surface area contributed by atoms with Crippen molar-refractivity contribution in [2.24, 2.45) is 0 Å². The van der Waals surface area contributed by atoms with Crippen LogP contribution in [0.2, 0.25) is 15.1 Å². The minimum Gasteiger partial charge on any atom is -0.494 e. The first-order valence-electron chi connectivity index (χ1n) is 8.35. The van der Waals surface area contributed by atoms with Crippen molar-refractivity contribution in [2.45, 2.75) is 24.3 Å². The molecule has 1 N–H and O–H groups in total. The van der Waals surface area contributed by atoms with Gasteiger partial charge in [0.15, 0.2) is 0 Å². The number of hydrogen-bond donors (Lipinski definition) is 1. The summed E-state index contributed by atoms with van der Waals surface area (Å²) in [6.07, 6.45) is 0. The van der Waals surface area contributed by atoms with Crippen molar-refractivity contribution < 1.29 is 9.53 Å². The molecule has 0 aliphatic carbocycles. The van der Waals surface area contributed by atoms with Gasteiger partial charge in [0.1, 0.15) is 11.4 Å². The number of nitrogens with zero attached hydrogens (tertiary/aromatic N) is 4. The topological polar surface area (TPSA) is 81.9 Å². The number of halogens is 3. The van der Waals surface area contributed by atoms with Crippen LogP contribution in [0.25, 0.3) is 5.69 Å². The first-order valence-corrected chi connectivity index (χ1v) is 10.4. The van der Waals surface area contributed by atoms with Gasteiger partial charge in [-0.2, -0.15) is 4.68 Å². The predicted molar refractivity (Wildman–Crippen MR) is 116 cm³/mol. The fourth-order valence-corrected chi connectivity index (χ4v) is 4.18. The molecule has 0 saturated carbocycles. The fourth-order valence-electron chi connectivity index (χ4n) is 2.47. The molecule has 0 bridgehead atoms. The van der Waals surface area contributed by atoms with Crippen molar-refractivity contribution >= 4 is 58.2 Å². The van der Waals surface area contributed by atoms with Crippen molar-refractivity contribution in [2.75, 3.05) is 12.4 Å². The molecule has 1 aromatic heterocycles. The van der Waals surface area contributed by atoms with Crippen LogP contribution in [0.3, 0.4) is 0 Å². The summed E-state index contributed by atoms with van der Waals surface area (Å²) in [5.41, 5.74) is 2.00. The molecule has 3 rings (SSSR count). The normalized spacial score (nSPS) is 11.9. The zero-order valence-corrected chi connectivity index (χ0v) is 18.7. The third-order valence-electron chi connectivity index (χ3n) is 3.91. The largest absolute Gasteiger partial charge is 0.494 e. The van der Waals surface area contributed by atoms with Crippen LogP contribution in [-0.4, -0.2) is 38.5 Å². The highest BCUT2D eigenvalue weighted by molar-refractivity contribution is 8.00. The van der Waals surface area contributed by atoms with Gasteiger partial charge in [-0.25, -0.2) is 0 Å². The molecule has 11 heteroatoms. The number of rotatable bonds is 6. The number of hydrogen-bond acceptors (Lipinski definition) is 6. The summed E-state index contributed by atoms with van der Waals surface area (Å²) in [6, 6.07) is 8.67. The molecular formula is C18H16Cl3N5O2S. The van der Waals surface area contributed by atoms with Gasteiger partial charge in [0, 0.05) is 5.02 Å². The summed E-state index contributed by atoms with van der Waals surface area (Å²) < 4.78 is 6.93. The second kappa shape index (κ2) is 9.21. The summed E-state index contributed by atoms with van der Waals surface area (Å²) in [7, 11) is 1.57. The van der Waals surface area contributed by atoms with E-state index in [1.54, 1.807) is 14.0 Å². The predicted octanol–water partition coefficient (Wildman–Crippen LogP) is 5.06. The minimum atomic E-state index is -0.543. The van der Waals surface area contributed by atoms with Gasteiger partial charge < -0.3 is 10.1 Å². The first-order chi connectivity index (χ1) is 13.8. The van der Waals surface area contributed by atoms with Crippen molar-refractivity contribution in [3.05, 3.63) is 51.0 Å². The lowest BCUT2D eigenvalue weighted by Gasteiger charge is -2.15. The Hall–Kier alpha value is -2.00. The van der Waals surface area contributed by atoms with Crippen molar-refractivity contribution in [3.63, 3.8) is 0 Å². The number of carbonyl (C=O) groups excluding carboxylic acids is 1. The number of thioether (sulfide) groups is 1. The van der Waals surface area contributed by atoms with E-state index in [1.807, 2.05) is 25.1 Å². The number of amides is 1. The Morgan fingerprint density at radius 2 is 1.90 bits per heavy atom. The molecule has 0 radical (unpaired) electrons. The monoisotopic (exact) mass is 471 g/mol. The van der Waals surface area contributed by atoms with E-state index in [0.717, 1.165) is 5.56 Å². The van der Waals surface area contributed by atoms with E-state index in [-0.39, 0.29) is 16.0 Å². The van der Waals surface area contributed by atoms with Gasteiger partial charge in [-0.05, 0) is 54.1 Å². The molecule has 1 unspecified atom stereocenters. The summed E-state index contributed by atoms with van der Waals surface area (Å²) in [6.45, 7) is 3.68. The number of anilines is 1. The lowest BCUT2D eigenvalue weighted by molar-refractivity contribution is -0.115. The number of aryl methyl sites for hydroxylation is 1. The highest BCUT2D eigenvalue weighted by Crippen LogP contribution is 2.35. The van der Waals surface area contributed by atoms with Crippen LogP contribution in [0.15, 0.2) is 35.5 Å². The lowest BCUT2D eigenvalue weighted by Crippen LogP contribution is -2.23. The van der Waals surface area contributed by atoms with Gasteiger partial charge in [0.2, 0.25) is 11.1 Å². The van der Waals surface area contributed by atoms with E-state index in [1.165, 1.54) is 28.6 Å². The Kier molecular flexibility index (Phi) is 6.89. The molecule has 0 aliphatic heterocycles. The number of ether oxygens (including phenoxy) is 1. The SMILES string of the molecule is COc1ccc(C)cc1-n1nnnc1SC(C)C(=O)Nc1c(Cl)cc(Cl)cc1Cl. The lowest BCUT2D eigenvalue weighted by atomic mass is 10.2. The van der Waals surface area contributed by atoms with E-state index in [9.17, 15) is 4.79 Å². The molecule has 152 valence electrons. The van der Waals surface area contributed by atoms with E-state index in [0.29, 0.717) is 27.3 Å². The van der Waals surface area contributed by atoms with Crippen molar-refractivity contribution in [3.8, 4) is 11.4 Å². The third kappa shape index (κ3) is 4.95. The van der Waals surface area contributed by atoms with Crippen LogP contribution in [0, 0.1) is 6.92 Å². The van der Waals surface area contributed by atoms with Crippen LogP contribution < -0.4 is 10.1 Å². The maximum Gasteiger partial charge on any atom is 0.237 e. The Bertz CT molecular complexity index is 1040. The summed E-state index contributed by atoms with van der Waals surface area (Å²) in [4.78, 5) is 12.7. The molecule has 0 aliphatic rings. The molecule has 7 nitrogen and oxygen atoms in total. The second-order valence-electron chi connectivity index (χ2n) is 6.04. The summed E-state index contributed by atoms with van der Waals surface area (Å²) in [5, 5.41) is 15.3. The second-order valence-corrected chi connectivity index (χ2v) is 8.60. The zero-order valence-electron chi connectivity index (χ0n) is 15.6. The number of tetrazole rings is 1. The fraction of sp³-hybridized carbons (Fsp3) is 0.222. The number of benzene rings is 2. The van der Waals surface area contributed by atoms with Gasteiger partial charge >= 0.3 is 0 Å². The minimum absolute atomic E-state index is 0.252. The Morgan fingerprint density at radius 1 is 1.21 bits per heavy atom. The van der Waals surface area contributed by atoms with Crippen LogP contribution >= 0.6 is 46.6 Å². The van der Waals surface area contributed by atoms with Crippen LogP contribution in [0.5, 0.6) is 5.75 Å². The Labute approximate surface area is 186 Å². The van der Waals surface area contributed by atoms with Gasteiger partial charge in [-0.1, -0.05) is 52.6 Å². The first kappa shape index (κ1) is 21.7. The average molecular weight is 473 g/mol. The van der Waals surface area contributed by atoms with Gasteiger partial charge in [0.05, 0.1) is 28.1 Å². The molecule has 29 heavy (non-hydrogen) atoms. The van der Waals surface area contributed by atoms with E-state index < -0.39 is 5.25 Å². The molecule has 3 aromatic rings. The van der Waals surface area contributed by atoms with Crippen LogP contribution in [-0.2, 0) is 4.79 Å². The molecular weight excluding hydrogens is 457 g/mol. The number of nitrogens with one attached hydrogen (secondary N) is 1. The zero-order chi connectivity index (χ0) is 21.1. The third-order valence-corrected chi connectivity index (χ3v) is 5.76. The van der Waals surface area contributed by atoms with Crippen LogP contribution in [0.1, 0.15) is 12.5 Å². The number of methoxy groups -OCH3 is 1. The molecule has 1 atom stereocenters. The van der Waals surface area contributed by atoms with Gasteiger partial charge in [-0.3, -0.25) is 4.79 Å². The quantitative estimate of drug-likeness (QED) is 0.505. The van der Waals surface area contributed by atoms with Crippen LogP contribution in [0.4, 0.5) is 5.69 Å². The van der Waals surface area contributed by atoms with E-state index in [2.05, 4.69) is 20.8 Å². The average Bonchev–Trinajstić information content (AvgIpc) is 3.12. The molecule has 1 heterocycles. The van der Waals surface area contributed by atoms with Crippen molar-refractivity contribution in [1.82, 2.24) is 20.2 Å². The molecule has 0 saturated heterocycles. The summed E-state index contributed by atoms with van der Waals surface area (Å²) in [5.74, 6) is 0.300. The molecule has 2 aromatic carbocycles. The Balaban J connectivity index is 1.81. The number of carbonyl (C=O) groups is 1. The molecule has 1 amide bonds. The highest BCUT2D eigenvalue weighted by atomic mass is 35.5. The van der Waals surface area contributed by atoms with E-state index >= 15 is 0 Å². The smallest absolute Gasteiger partial charge is 0.237 e. The maximum atomic E-state index is 12.7. The van der Waals surface area contributed by atoms with Gasteiger partial charge in [-0.15, -0.1) is 5.10 Å². The van der Waals surface area contributed by atoms with E-state index in [4.69, 9.17) is 39.5 Å². The highest BCUT2D eigenvalue weighted by Gasteiger charge is 2.22. The Morgan fingerprint density at radius 3 is 2.55 bits per heavy atom. The number of aromatic nitrogens is 4. The maximum absolute atomic E-state index is 12.7. The van der Waals surface area contributed by atoms with Crippen molar-refractivity contribution in [1.29, 1.82) is 0 Å². The van der Waals surface area contributed by atoms with Gasteiger partial charge in [0.25, 0.3) is 0 Å². The molecule has 0 fully saturated rings.